The Kier molecular flexibility index (Phi) is 10.8. The van der Waals surface area contributed by atoms with Crippen molar-refractivity contribution in [2.24, 2.45) is 5.92 Å². The largest absolute Gasteiger partial charge is 0.303 e. The molecule has 1 saturated heterocycles. The van der Waals surface area contributed by atoms with Crippen LogP contribution < -0.4 is 4.72 Å². The molecular weight excluding hydrogens is 404 g/mol. The van der Waals surface area contributed by atoms with E-state index in [1.807, 2.05) is 12.1 Å². The number of hydrogen-bond donors (Lipinski definition) is 1. The fraction of sp³-hybridized carbons (Fsp3) is 0.769. The minimum atomic E-state index is -3.28. The molecule has 1 aliphatic heterocycles. The lowest BCUT2D eigenvalue weighted by Gasteiger charge is -2.45. The van der Waals surface area contributed by atoms with Crippen molar-refractivity contribution < 1.29 is 8.42 Å². The van der Waals surface area contributed by atoms with Crippen LogP contribution in [0.25, 0.3) is 0 Å². The van der Waals surface area contributed by atoms with Crippen LogP contribution in [0.4, 0.5) is 5.69 Å². The van der Waals surface area contributed by atoms with E-state index < -0.39 is 10.0 Å². The van der Waals surface area contributed by atoms with E-state index in [1.165, 1.54) is 50.6 Å². The van der Waals surface area contributed by atoms with Gasteiger partial charge in [-0.1, -0.05) is 84.8 Å². The highest BCUT2D eigenvalue weighted by atomic mass is 32.2. The van der Waals surface area contributed by atoms with Crippen molar-refractivity contribution in [3.63, 3.8) is 0 Å². The molecule has 1 aromatic rings. The van der Waals surface area contributed by atoms with Gasteiger partial charge in [0.2, 0.25) is 10.0 Å². The summed E-state index contributed by atoms with van der Waals surface area (Å²) in [6, 6.07) is 8.14. The van der Waals surface area contributed by atoms with Crippen LogP contribution in [0.15, 0.2) is 24.3 Å². The third kappa shape index (κ3) is 8.42. The summed E-state index contributed by atoms with van der Waals surface area (Å²) in [5.74, 6) is 0.750. The predicted molar refractivity (Wildman–Crippen MR) is 134 cm³/mol. The predicted octanol–water partition coefficient (Wildman–Crippen LogP) is 6.58. The van der Waals surface area contributed by atoms with Crippen molar-refractivity contribution in [1.82, 2.24) is 4.90 Å². The third-order valence-corrected chi connectivity index (χ3v) is 8.58. The van der Waals surface area contributed by atoms with Gasteiger partial charge in [-0.2, -0.15) is 0 Å². The smallest absolute Gasteiger partial charge is 0.232 e. The van der Waals surface area contributed by atoms with E-state index in [0.717, 1.165) is 38.8 Å². The molecule has 0 amide bonds. The molecular formula is C26H46N2O2S. The molecule has 1 aliphatic rings. The van der Waals surface area contributed by atoms with E-state index in [1.54, 1.807) is 0 Å². The first-order valence-corrected chi connectivity index (χ1v) is 14.3. The number of likely N-dealkylation sites (tertiary alicyclic amines) is 1. The summed E-state index contributed by atoms with van der Waals surface area (Å²) >= 11 is 0. The van der Waals surface area contributed by atoms with E-state index in [9.17, 15) is 8.42 Å². The molecule has 1 heterocycles. The maximum Gasteiger partial charge on any atom is 0.232 e. The topological polar surface area (TPSA) is 49.4 Å². The Morgan fingerprint density at radius 2 is 1.71 bits per heavy atom. The number of sulfonamides is 1. The summed E-state index contributed by atoms with van der Waals surface area (Å²) in [4.78, 5) is 2.62. The van der Waals surface area contributed by atoms with E-state index >= 15 is 0 Å². The molecule has 0 spiro atoms. The van der Waals surface area contributed by atoms with Crippen molar-refractivity contribution in [3.05, 3.63) is 29.8 Å². The minimum absolute atomic E-state index is 0.0848. The van der Waals surface area contributed by atoms with Crippen molar-refractivity contribution >= 4 is 15.7 Å². The van der Waals surface area contributed by atoms with Crippen LogP contribution in [0, 0.1) is 5.92 Å². The number of piperidine rings is 1. The number of nitrogens with one attached hydrogen (secondary N) is 1. The Morgan fingerprint density at radius 3 is 2.39 bits per heavy atom. The quantitative estimate of drug-likeness (QED) is 0.326. The highest BCUT2D eigenvalue weighted by Gasteiger charge is 2.37. The molecule has 0 bridgehead atoms. The zero-order chi connectivity index (χ0) is 22.7. The average molecular weight is 451 g/mol. The molecule has 178 valence electrons. The minimum Gasteiger partial charge on any atom is -0.303 e. The molecule has 1 N–H and O–H groups in total. The first-order valence-electron chi connectivity index (χ1n) is 12.6. The highest BCUT2D eigenvalue weighted by molar-refractivity contribution is 7.92. The van der Waals surface area contributed by atoms with Gasteiger partial charge in [-0.15, -0.1) is 0 Å². The highest BCUT2D eigenvalue weighted by Crippen LogP contribution is 2.40. The summed E-state index contributed by atoms with van der Waals surface area (Å²) < 4.78 is 27.9. The first-order chi connectivity index (χ1) is 14.8. The SMILES string of the molecule is CCCCCCCS(=O)(=O)Nc1cccc([C@@]2(C)CCN(CCCCCC)C[C@@H]2C)c1. The summed E-state index contributed by atoms with van der Waals surface area (Å²) in [6.45, 7) is 12.6. The van der Waals surface area contributed by atoms with Crippen molar-refractivity contribution in [2.45, 2.75) is 97.3 Å². The van der Waals surface area contributed by atoms with Gasteiger partial charge in [0.05, 0.1) is 5.75 Å². The molecule has 0 aliphatic carbocycles. The Labute approximate surface area is 192 Å². The van der Waals surface area contributed by atoms with E-state index in [-0.39, 0.29) is 11.2 Å². The molecule has 2 atom stereocenters. The molecule has 1 fully saturated rings. The molecule has 0 saturated carbocycles. The van der Waals surface area contributed by atoms with E-state index in [2.05, 4.69) is 49.4 Å². The fourth-order valence-corrected chi connectivity index (χ4v) is 5.95. The molecule has 0 unspecified atom stereocenters. The molecule has 4 nitrogen and oxygen atoms in total. The molecule has 0 radical (unpaired) electrons. The monoisotopic (exact) mass is 450 g/mol. The van der Waals surface area contributed by atoms with Crippen LogP contribution in [-0.2, 0) is 15.4 Å². The van der Waals surface area contributed by atoms with Crippen LogP contribution >= 0.6 is 0 Å². The lowest BCUT2D eigenvalue weighted by Crippen LogP contribution is -2.47. The Balaban J connectivity index is 1.94. The zero-order valence-corrected chi connectivity index (χ0v) is 21.3. The summed E-state index contributed by atoms with van der Waals surface area (Å²) in [6.07, 6.45) is 11.6. The lowest BCUT2D eigenvalue weighted by molar-refractivity contribution is 0.109. The van der Waals surface area contributed by atoms with Crippen LogP contribution in [0.1, 0.15) is 97.5 Å². The number of anilines is 1. The van der Waals surface area contributed by atoms with Crippen molar-refractivity contribution in [2.75, 3.05) is 30.1 Å². The third-order valence-electron chi connectivity index (χ3n) is 7.21. The zero-order valence-electron chi connectivity index (χ0n) is 20.5. The van der Waals surface area contributed by atoms with Crippen molar-refractivity contribution in [1.29, 1.82) is 0 Å². The average Bonchev–Trinajstić information content (AvgIpc) is 2.73. The second-order valence-electron chi connectivity index (χ2n) is 9.85. The maximum atomic E-state index is 12.5. The van der Waals surface area contributed by atoms with Crippen LogP contribution in [0.5, 0.6) is 0 Å². The number of unbranched alkanes of at least 4 members (excludes halogenated alkanes) is 7. The van der Waals surface area contributed by atoms with Gasteiger partial charge in [-0.25, -0.2) is 8.42 Å². The number of hydrogen-bond acceptors (Lipinski definition) is 3. The number of nitrogens with zero attached hydrogens (tertiary/aromatic N) is 1. The van der Waals surface area contributed by atoms with Gasteiger partial charge in [-0.3, -0.25) is 4.72 Å². The Bertz CT molecular complexity index is 750. The van der Waals surface area contributed by atoms with Gasteiger partial charge in [0.1, 0.15) is 0 Å². The van der Waals surface area contributed by atoms with Gasteiger partial charge in [0.25, 0.3) is 0 Å². The normalized spacial score (nSPS) is 22.5. The van der Waals surface area contributed by atoms with Gasteiger partial charge in [0.15, 0.2) is 0 Å². The number of rotatable bonds is 14. The van der Waals surface area contributed by atoms with Gasteiger partial charge >= 0.3 is 0 Å². The van der Waals surface area contributed by atoms with Gasteiger partial charge < -0.3 is 4.90 Å². The maximum absolute atomic E-state index is 12.5. The van der Waals surface area contributed by atoms with Crippen LogP contribution in [0.2, 0.25) is 0 Å². The first kappa shape index (κ1) is 26.2. The fourth-order valence-electron chi connectivity index (χ4n) is 4.78. The number of benzene rings is 1. The molecule has 1 aromatic carbocycles. The summed E-state index contributed by atoms with van der Waals surface area (Å²) in [5, 5.41) is 0. The summed E-state index contributed by atoms with van der Waals surface area (Å²) in [7, 11) is -3.28. The second-order valence-corrected chi connectivity index (χ2v) is 11.7. The molecule has 2 rings (SSSR count). The van der Waals surface area contributed by atoms with Gasteiger partial charge in [0, 0.05) is 12.2 Å². The van der Waals surface area contributed by atoms with Gasteiger partial charge in [-0.05, 0) is 61.4 Å². The van der Waals surface area contributed by atoms with E-state index in [4.69, 9.17) is 0 Å². The molecule has 31 heavy (non-hydrogen) atoms. The van der Waals surface area contributed by atoms with Crippen LogP contribution in [0.3, 0.4) is 0 Å². The molecule has 5 heteroatoms. The second kappa shape index (κ2) is 12.8. The molecule has 0 aromatic heterocycles. The Morgan fingerprint density at radius 1 is 1.03 bits per heavy atom. The van der Waals surface area contributed by atoms with E-state index in [0.29, 0.717) is 11.6 Å². The Hall–Kier alpha value is -1.07. The van der Waals surface area contributed by atoms with Crippen molar-refractivity contribution in [3.8, 4) is 0 Å². The standard InChI is InChI=1S/C26H46N2O2S/c1-5-7-9-11-13-20-31(29,30)27-25-16-14-15-24(21-25)26(4)17-19-28(22-23(26)3)18-12-10-8-6-2/h14-16,21,23,27H,5-13,17-20,22H2,1-4H3/t23-,26-/m0/s1. The lowest BCUT2D eigenvalue weighted by atomic mass is 9.68. The van der Waals surface area contributed by atoms with Crippen LogP contribution in [-0.4, -0.2) is 38.7 Å². The summed E-state index contributed by atoms with van der Waals surface area (Å²) in [5.41, 5.74) is 2.05.